The zero-order valence-corrected chi connectivity index (χ0v) is 15.0. The number of rotatable bonds is 2. The molecule has 1 amide bonds. The molecule has 0 aromatic heterocycles. The fourth-order valence-corrected chi connectivity index (χ4v) is 3.42. The first-order valence-electron chi connectivity index (χ1n) is 8.83. The van der Waals surface area contributed by atoms with Gasteiger partial charge in [0.2, 0.25) is 0 Å². The van der Waals surface area contributed by atoms with E-state index in [-0.39, 0.29) is 24.2 Å². The predicted octanol–water partition coefficient (Wildman–Crippen LogP) is 4.98. The largest absolute Gasteiger partial charge is 0.430 e. The van der Waals surface area contributed by atoms with Gasteiger partial charge in [-0.3, -0.25) is 4.79 Å². The molecule has 156 valence electrons. The van der Waals surface area contributed by atoms with Crippen LogP contribution in [0.4, 0.5) is 32.0 Å². The molecule has 1 aliphatic heterocycles. The highest BCUT2D eigenvalue weighted by atomic mass is 19.4. The summed E-state index contributed by atoms with van der Waals surface area (Å²) in [5.41, 5.74) is -5.56. The van der Waals surface area contributed by atoms with Gasteiger partial charge in [-0.1, -0.05) is 30.3 Å². The normalized spacial score (nSPS) is 15.6. The summed E-state index contributed by atoms with van der Waals surface area (Å²) in [6, 6.07) is 10.5. The first kappa shape index (κ1) is 21.2. The van der Waals surface area contributed by atoms with Crippen molar-refractivity contribution in [2.24, 2.45) is 0 Å². The van der Waals surface area contributed by atoms with E-state index in [0.29, 0.717) is 30.5 Å². The molecule has 0 aliphatic carbocycles. The fraction of sp³-hybridized carbons (Fsp3) is 0.350. The highest BCUT2D eigenvalue weighted by Crippen LogP contribution is 2.50. The zero-order chi connectivity index (χ0) is 21.4. The van der Waals surface area contributed by atoms with Crippen molar-refractivity contribution < 1.29 is 36.2 Å². The van der Waals surface area contributed by atoms with Crippen molar-refractivity contribution in [1.82, 2.24) is 0 Å². The van der Waals surface area contributed by atoms with E-state index in [1.807, 2.05) is 0 Å². The lowest BCUT2D eigenvalue weighted by Crippen LogP contribution is -2.54. The summed E-state index contributed by atoms with van der Waals surface area (Å²) in [6.45, 7) is 0.281. The molecule has 9 heteroatoms. The Morgan fingerprint density at radius 1 is 0.897 bits per heavy atom. The molecule has 1 heterocycles. The van der Waals surface area contributed by atoms with Gasteiger partial charge >= 0.3 is 12.4 Å². The minimum absolute atomic E-state index is 0.149. The molecular formula is C20H17F6NO2. The third-order valence-corrected chi connectivity index (χ3v) is 4.95. The van der Waals surface area contributed by atoms with E-state index >= 15 is 0 Å². The third kappa shape index (κ3) is 3.71. The van der Waals surface area contributed by atoms with Crippen LogP contribution in [-0.4, -0.2) is 29.9 Å². The molecule has 3 rings (SSSR count). The molecule has 0 radical (unpaired) electrons. The molecular weight excluding hydrogens is 400 g/mol. The third-order valence-electron chi connectivity index (χ3n) is 4.95. The number of nitrogens with zero attached hydrogens (tertiary/aromatic N) is 1. The van der Waals surface area contributed by atoms with Gasteiger partial charge in [0.05, 0.1) is 0 Å². The van der Waals surface area contributed by atoms with Gasteiger partial charge in [0.25, 0.3) is 11.5 Å². The van der Waals surface area contributed by atoms with Crippen molar-refractivity contribution >= 4 is 11.6 Å². The molecule has 0 saturated heterocycles. The van der Waals surface area contributed by atoms with E-state index in [1.165, 1.54) is 4.90 Å². The fourth-order valence-electron chi connectivity index (χ4n) is 3.42. The second kappa shape index (κ2) is 7.37. The van der Waals surface area contributed by atoms with Crippen LogP contribution in [0, 0.1) is 0 Å². The number of hydrogen-bond donors (Lipinski definition) is 1. The van der Waals surface area contributed by atoms with Crippen LogP contribution in [0.25, 0.3) is 0 Å². The Hall–Kier alpha value is -2.55. The van der Waals surface area contributed by atoms with Crippen LogP contribution >= 0.6 is 0 Å². The van der Waals surface area contributed by atoms with Crippen molar-refractivity contribution in [1.29, 1.82) is 0 Å². The van der Waals surface area contributed by atoms with E-state index in [2.05, 4.69) is 0 Å². The summed E-state index contributed by atoms with van der Waals surface area (Å²) in [7, 11) is 0. The Bertz CT molecular complexity index is 878. The van der Waals surface area contributed by atoms with Crippen LogP contribution in [0.5, 0.6) is 0 Å². The van der Waals surface area contributed by atoms with Crippen molar-refractivity contribution in [3.63, 3.8) is 0 Å². The number of halogens is 6. The van der Waals surface area contributed by atoms with Crippen LogP contribution in [0.3, 0.4) is 0 Å². The number of amides is 1. The average molecular weight is 417 g/mol. The van der Waals surface area contributed by atoms with Gasteiger partial charge in [0.1, 0.15) is 0 Å². The number of carbonyl (C=O) groups excluding carboxylic acids is 1. The molecule has 1 aliphatic rings. The molecule has 0 fully saturated rings. The SMILES string of the molecule is O=C(c1ccccc1)N1CCCCc2cc(C(O)(C(F)(F)F)C(F)(F)F)ccc21. The first-order chi connectivity index (χ1) is 13.5. The quantitative estimate of drug-likeness (QED) is 0.700. The van der Waals surface area contributed by atoms with Crippen molar-refractivity contribution in [2.45, 2.75) is 37.2 Å². The molecule has 0 spiro atoms. The Morgan fingerprint density at radius 2 is 1.52 bits per heavy atom. The van der Waals surface area contributed by atoms with Crippen LogP contribution < -0.4 is 4.90 Å². The Balaban J connectivity index is 2.08. The van der Waals surface area contributed by atoms with E-state index < -0.39 is 29.4 Å². The predicted molar refractivity (Wildman–Crippen MR) is 93.5 cm³/mol. The van der Waals surface area contributed by atoms with Crippen LogP contribution in [0.2, 0.25) is 0 Å². The van der Waals surface area contributed by atoms with Crippen LogP contribution in [0.15, 0.2) is 48.5 Å². The smallest absolute Gasteiger partial charge is 0.369 e. The number of anilines is 1. The zero-order valence-electron chi connectivity index (χ0n) is 15.0. The minimum atomic E-state index is -5.95. The molecule has 2 aromatic rings. The number of aryl methyl sites for hydroxylation is 1. The van der Waals surface area contributed by atoms with E-state index in [9.17, 15) is 36.2 Å². The maximum atomic E-state index is 13.2. The molecule has 0 atom stereocenters. The summed E-state index contributed by atoms with van der Waals surface area (Å²) < 4.78 is 79.1. The minimum Gasteiger partial charge on any atom is -0.369 e. The molecule has 1 N–H and O–H groups in total. The maximum Gasteiger partial charge on any atom is 0.430 e. The molecule has 2 aromatic carbocycles. The van der Waals surface area contributed by atoms with Crippen LogP contribution in [-0.2, 0) is 12.0 Å². The highest BCUT2D eigenvalue weighted by molar-refractivity contribution is 6.06. The number of fused-ring (bicyclic) bond motifs is 1. The van der Waals surface area contributed by atoms with Crippen molar-refractivity contribution in [3.8, 4) is 0 Å². The molecule has 3 nitrogen and oxygen atoms in total. The monoisotopic (exact) mass is 417 g/mol. The molecule has 29 heavy (non-hydrogen) atoms. The van der Waals surface area contributed by atoms with E-state index in [0.717, 1.165) is 6.07 Å². The second-order valence-electron chi connectivity index (χ2n) is 6.83. The summed E-state index contributed by atoms with van der Waals surface area (Å²) in [5.74, 6) is -0.400. The van der Waals surface area contributed by atoms with Gasteiger partial charge < -0.3 is 10.0 Å². The lowest BCUT2D eigenvalue weighted by Gasteiger charge is -2.33. The van der Waals surface area contributed by atoms with Crippen LogP contribution in [0.1, 0.15) is 34.3 Å². The number of alkyl halides is 6. The van der Waals surface area contributed by atoms with Gasteiger partial charge in [-0.15, -0.1) is 0 Å². The van der Waals surface area contributed by atoms with E-state index in [1.54, 1.807) is 30.3 Å². The molecule has 0 saturated carbocycles. The number of benzene rings is 2. The van der Waals surface area contributed by atoms with Gasteiger partial charge in [0.15, 0.2) is 0 Å². The van der Waals surface area contributed by atoms with Gasteiger partial charge in [-0.25, -0.2) is 0 Å². The molecule has 0 unspecified atom stereocenters. The lowest BCUT2D eigenvalue weighted by molar-refractivity contribution is -0.376. The number of hydrogen-bond acceptors (Lipinski definition) is 2. The van der Waals surface area contributed by atoms with Gasteiger partial charge in [-0.05, 0) is 43.0 Å². The lowest BCUT2D eigenvalue weighted by atomic mass is 9.89. The van der Waals surface area contributed by atoms with Gasteiger partial charge in [-0.2, -0.15) is 26.3 Å². The summed E-state index contributed by atoms with van der Waals surface area (Å²) in [5, 5.41) is 9.65. The average Bonchev–Trinajstić information content (AvgIpc) is 2.87. The molecule has 0 bridgehead atoms. The van der Waals surface area contributed by atoms with Crippen molar-refractivity contribution in [2.75, 3.05) is 11.4 Å². The summed E-state index contributed by atoms with van der Waals surface area (Å²) >= 11 is 0. The number of aliphatic hydroxyl groups is 1. The van der Waals surface area contributed by atoms with Gasteiger partial charge in [0, 0.05) is 23.4 Å². The Kier molecular flexibility index (Phi) is 5.38. The summed E-state index contributed by atoms with van der Waals surface area (Å²) in [4.78, 5) is 14.2. The number of carbonyl (C=O) groups is 1. The highest BCUT2D eigenvalue weighted by Gasteiger charge is 2.71. The first-order valence-corrected chi connectivity index (χ1v) is 8.83. The van der Waals surface area contributed by atoms with Crippen molar-refractivity contribution in [3.05, 3.63) is 65.2 Å². The topological polar surface area (TPSA) is 40.5 Å². The summed E-state index contributed by atoms with van der Waals surface area (Å²) in [6.07, 6.45) is -10.7. The standard InChI is InChI=1S/C20H17F6NO2/c21-19(22,23)18(29,20(24,25)26)15-9-10-16-14(12-15)8-4-5-11-27(16)17(28)13-6-2-1-3-7-13/h1-3,6-7,9-10,12,29H,4-5,8,11H2. The Morgan fingerprint density at radius 3 is 2.10 bits per heavy atom. The van der Waals surface area contributed by atoms with E-state index in [4.69, 9.17) is 0 Å². The Labute approximate surface area is 162 Å². The maximum absolute atomic E-state index is 13.2. The second-order valence-corrected chi connectivity index (χ2v) is 6.83.